The summed E-state index contributed by atoms with van der Waals surface area (Å²) in [6, 6.07) is 8.74. The highest BCUT2D eigenvalue weighted by atomic mass is 16.7. The first-order valence-electron chi connectivity index (χ1n) is 6.63. The van der Waals surface area contributed by atoms with E-state index in [1.165, 1.54) is 11.1 Å². The summed E-state index contributed by atoms with van der Waals surface area (Å²) in [5.41, 5.74) is 2.59. The molecule has 0 amide bonds. The van der Waals surface area contributed by atoms with E-state index in [-0.39, 0.29) is 6.10 Å². The summed E-state index contributed by atoms with van der Waals surface area (Å²) in [5.74, 6) is 0. The molecule has 0 spiro atoms. The number of piperazine rings is 1. The largest absolute Gasteiger partial charge is 0.352 e. The number of benzene rings is 1. The SMILES string of the molecule is c1cc(C2COCO2)ccc1CN1CCNCC1. The van der Waals surface area contributed by atoms with Crippen LogP contribution in [0.15, 0.2) is 24.3 Å². The van der Waals surface area contributed by atoms with Crippen LogP contribution in [0.25, 0.3) is 0 Å². The maximum absolute atomic E-state index is 5.49. The molecule has 4 heteroatoms. The molecule has 2 aliphatic heterocycles. The summed E-state index contributed by atoms with van der Waals surface area (Å²) in [4.78, 5) is 2.49. The second kappa shape index (κ2) is 5.80. The van der Waals surface area contributed by atoms with E-state index in [0.717, 1.165) is 32.7 Å². The Balaban J connectivity index is 1.59. The summed E-state index contributed by atoms with van der Waals surface area (Å²) >= 11 is 0. The fraction of sp³-hybridized carbons (Fsp3) is 0.571. The second-order valence-corrected chi connectivity index (χ2v) is 4.91. The summed E-state index contributed by atoms with van der Waals surface area (Å²) in [7, 11) is 0. The third kappa shape index (κ3) is 2.90. The van der Waals surface area contributed by atoms with E-state index < -0.39 is 0 Å². The van der Waals surface area contributed by atoms with E-state index >= 15 is 0 Å². The summed E-state index contributed by atoms with van der Waals surface area (Å²) in [6.45, 7) is 6.63. The van der Waals surface area contributed by atoms with Crippen LogP contribution in [0.5, 0.6) is 0 Å². The van der Waals surface area contributed by atoms with Crippen LogP contribution < -0.4 is 5.32 Å². The molecule has 2 fully saturated rings. The Morgan fingerprint density at radius 3 is 2.61 bits per heavy atom. The predicted molar refractivity (Wildman–Crippen MR) is 69.2 cm³/mol. The van der Waals surface area contributed by atoms with Crippen molar-refractivity contribution in [2.45, 2.75) is 12.6 Å². The molecule has 0 aliphatic carbocycles. The highest BCUT2D eigenvalue weighted by Gasteiger charge is 2.18. The van der Waals surface area contributed by atoms with Gasteiger partial charge in [0.1, 0.15) is 12.9 Å². The molecule has 18 heavy (non-hydrogen) atoms. The topological polar surface area (TPSA) is 33.7 Å². The molecule has 0 aromatic heterocycles. The molecule has 1 N–H and O–H groups in total. The molecule has 2 saturated heterocycles. The molecule has 2 heterocycles. The Kier molecular flexibility index (Phi) is 3.90. The van der Waals surface area contributed by atoms with Crippen LogP contribution in [0.1, 0.15) is 17.2 Å². The molecule has 98 valence electrons. The summed E-state index contributed by atoms with van der Waals surface area (Å²) < 4.78 is 10.7. The van der Waals surface area contributed by atoms with Gasteiger partial charge in [0.2, 0.25) is 0 Å². The number of nitrogens with zero attached hydrogens (tertiary/aromatic N) is 1. The fourth-order valence-electron chi connectivity index (χ4n) is 2.49. The summed E-state index contributed by atoms with van der Waals surface area (Å²) in [6.07, 6.45) is 0.123. The van der Waals surface area contributed by atoms with E-state index in [9.17, 15) is 0 Å². The third-order valence-corrected chi connectivity index (χ3v) is 3.59. The average Bonchev–Trinajstić information content (AvgIpc) is 2.95. The van der Waals surface area contributed by atoms with Gasteiger partial charge < -0.3 is 14.8 Å². The zero-order chi connectivity index (χ0) is 12.2. The Labute approximate surface area is 108 Å². The van der Waals surface area contributed by atoms with Gasteiger partial charge in [-0.3, -0.25) is 4.90 Å². The molecule has 0 saturated carbocycles. The molecular weight excluding hydrogens is 228 g/mol. The van der Waals surface area contributed by atoms with Crippen molar-refractivity contribution in [3.8, 4) is 0 Å². The van der Waals surface area contributed by atoms with Crippen molar-refractivity contribution in [1.29, 1.82) is 0 Å². The highest BCUT2D eigenvalue weighted by molar-refractivity contribution is 5.24. The van der Waals surface area contributed by atoms with E-state index in [0.29, 0.717) is 13.4 Å². The van der Waals surface area contributed by atoms with E-state index in [4.69, 9.17) is 9.47 Å². The monoisotopic (exact) mass is 248 g/mol. The van der Waals surface area contributed by atoms with Crippen LogP contribution in [-0.2, 0) is 16.0 Å². The van der Waals surface area contributed by atoms with Crippen LogP contribution in [0.4, 0.5) is 0 Å². The molecule has 3 rings (SSSR count). The lowest BCUT2D eigenvalue weighted by molar-refractivity contribution is 0.0466. The van der Waals surface area contributed by atoms with Gasteiger partial charge in [-0.05, 0) is 11.1 Å². The molecule has 4 nitrogen and oxygen atoms in total. The standard InChI is InChI=1S/C14H20N2O2/c1-3-13(14-10-17-11-18-14)4-2-12(1)9-16-7-5-15-6-8-16/h1-4,14-15H,5-11H2. The number of nitrogens with one attached hydrogen (secondary N) is 1. The maximum atomic E-state index is 5.49. The van der Waals surface area contributed by atoms with E-state index in [2.05, 4.69) is 34.5 Å². The lowest BCUT2D eigenvalue weighted by Gasteiger charge is -2.27. The Morgan fingerprint density at radius 2 is 1.94 bits per heavy atom. The predicted octanol–water partition coefficient (Wildman–Crippen LogP) is 1.14. The van der Waals surface area contributed by atoms with Gasteiger partial charge in [-0.2, -0.15) is 0 Å². The Bertz CT molecular complexity index is 368. The minimum atomic E-state index is 0.123. The number of hydrogen-bond donors (Lipinski definition) is 1. The zero-order valence-corrected chi connectivity index (χ0v) is 10.6. The van der Waals surface area contributed by atoms with Crippen molar-refractivity contribution in [3.63, 3.8) is 0 Å². The molecule has 0 radical (unpaired) electrons. The van der Waals surface area contributed by atoms with Crippen molar-refractivity contribution >= 4 is 0 Å². The normalized spacial score (nSPS) is 25.4. The highest BCUT2D eigenvalue weighted by Crippen LogP contribution is 2.22. The number of hydrogen-bond acceptors (Lipinski definition) is 4. The van der Waals surface area contributed by atoms with Crippen molar-refractivity contribution < 1.29 is 9.47 Å². The van der Waals surface area contributed by atoms with Gasteiger partial charge in [0, 0.05) is 32.7 Å². The summed E-state index contributed by atoms with van der Waals surface area (Å²) in [5, 5.41) is 3.37. The van der Waals surface area contributed by atoms with Crippen LogP contribution >= 0.6 is 0 Å². The Morgan fingerprint density at radius 1 is 1.17 bits per heavy atom. The van der Waals surface area contributed by atoms with Crippen molar-refractivity contribution in [2.24, 2.45) is 0 Å². The van der Waals surface area contributed by atoms with Gasteiger partial charge in [0.05, 0.1) is 6.61 Å². The zero-order valence-electron chi connectivity index (χ0n) is 10.6. The molecule has 0 bridgehead atoms. The lowest BCUT2D eigenvalue weighted by Crippen LogP contribution is -2.42. The minimum Gasteiger partial charge on any atom is -0.352 e. The fourth-order valence-corrected chi connectivity index (χ4v) is 2.49. The smallest absolute Gasteiger partial charge is 0.147 e. The van der Waals surface area contributed by atoms with Gasteiger partial charge in [0.15, 0.2) is 0 Å². The van der Waals surface area contributed by atoms with Gasteiger partial charge in [-0.15, -0.1) is 0 Å². The quantitative estimate of drug-likeness (QED) is 0.869. The van der Waals surface area contributed by atoms with Gasteiger partial charge in [0.25, 0.3) is 0 Å². The van der Waals surface area contributed by atoms with Crippen LogP contribution in [0, 0.1) is 0 Å². The average molecular weight is 248 g/mol. The molecule has 1 unspecified atom stereocenters. The second-order valence-electron chi connectivity index (χ2n) is 4.91. The van der Waals surface area contributed by atoms with Gasteiger partial charge in [-0.1, -0.05) is 24.3 Å². The lowest BCUT2D eigenvalue weighted by atomic mass is 10.1. The number of rotatable bonds is 3. The first kappa shape index (κ1) is 12.1. The van der Waals surface area contributed by atoms with Crippen LogP contribution in [0.3, 0.4) is 0 Å². The molecule has 2 aliphatic rings. The molecule has 1 aromatic carbocycles. The number of ether oxygens (including phenoxy) is 2. The maximum Gasteiger partial charge on any atom is 0.147 e. The molecular formula is C14H20N2O2. The van der Waals surface area contributed by atoms with E-state index in [1.54, 1.807) is 0 Å². The van der Waals surface area contributed by atoms with Gasteiger partial charge in [-0.25, -0.2) is 0 Å². The van der Waals surface area contributed by atoms with Crippen molar-refractivity contribution in [1.82, 2.24) is 10.2 Å². The molecule has 1 atom stereocenters. The van der Waals surface area contributed by atoms with Gasteiger partial charge >= 0.3 is 0 Å². The first-order valence-corrected chi connectivity index (χ1v) is 6.63. The minimum absolute atomic E-state index is 0.123. The third-order valence-electron chi connectivity index (χ3n) is 3.59. The van der Waals surface area contributed by atoms with Crippen molar-refractivity contribution in [3.05, 3.63) is 35.4 Å². The van der Waals surface area contributed by atoms with Crippen molar-refractivity contribution in [2.75, 3.05) is 39.6 Å². The van der Waals surface area contributed by atoms with Crippen LogP contribution in [-0.4, -0.2) is 44.5 Å². The molecule has 1 aromatic rings. The Hall–Kier alpha value is -0.940. The first-order chi connectivity index (χ1) is 8.92. The van der Waals surface area contributed by atoms with Crippen LogP contribution in [0.2, 0.25) is 0 Å². The van der Waals surface area contributed by atoms with E-state index in [1.807, 2.05) is 0 Å².